The van der Waals surface area contributed by atoms with Crippen LogP contribution in [0.3, 0.4) is 0 Å². The van der Waals surface area contributed by atoms with Gasteiger partial charge in [-0.2, -0.15) is 0 Å². The number of ether oxygens (including phenoxy) is 1. The van der Waals surface area contributed by atoms with Crippen LogP contribution in [0.4, 0.5) is 0 Å². The van der Waals surface area contributed by atoms with E-state index in [0.29, 0.717) is 12.6 Å². The molecule has 1 N–H and O–H groups in total. The van der Waals surface area contributed by atoms with Crippen LogP contribution in [0.5, 0.6) is 0 Å². The van der Waals surface area contributed by atoms with Crippen molar-refractivity contribution in [3.8, 4) is 0 Å². The number of nitrogens with one attached hydrogen (secondary N) is 1. The molecule has 2 aliphatic rings. The van der Waals surface area contributed by atoms with Crippen molar-refractivity contribution < 1.29 is 18.7 Å². The number of likely N-dealkylation sites (tertiary alicyclic amines) is 1. The summed E-state index contributed by atoms with van der Waals surface area (Å²) in [6.45, 7) is 6.95. The fraction of sp³-hybridized carbons (Fsp3) is 0.667. The van der Waals surface area contributed by atoms with Crippen LogP contribution in [-0.2, 0) is 9.53 Å². The number of Topliss-reactive ketones (excluding diaryl/α,β-unsaturated/α-hetero) is 1. The molecule has 1 amide bonds. The van der Waals surface area contributed by atoms with Crippen molar-refractivity contribution in [2.75, 3.05) is 19.6 Å². The van der Waals surface area contributed by atoms with E-state index in [-0.39, 0.29) is 17.5 Å². The summed E-state index contributed by atoms with van der Waals surface area (Å²) in [6.07, 6.45) is 5.42. The van der Waals surface area contributed by atoms with Crippen LogP contribution in [0.2, 0.25) is 0 Å². The van der Waals surface area contributed by atoms with Gasteiger partial charge in [-0.1, -0.05) is 0 Å². The molecule has 132 valence electrons. The van der Waals surface area contributed by atoms with Crippen molar-refractivity contribution in [2.45, 2.75) is 57.3 Å². The molecule has 0 radical (unpaired) electrons. The van der Waals surface area contributed by atoms with E-state index in [9.17, 15) is 9.59 Å². The van der Waals surface area contributed by atoms with Crippen LogP contribution in [0, 0.1) is 0 Å². The lowest BCUT2D eigenvalue weighted by Gasteiger charge is -2.40. The molecule has 1 spiro atoms. The Bertz CT molecular complexity index is 574. The van der Waals surface area contributed by atoms with E-state index in [4.69, 9.17) is 9.15 Å². The summed E-state index contributed by atoms with van der Waals surface area (Å²) >= 11 is 0. The SMILES string of the molecule is CC(C)N1CCC2(CC[C@H](CNC(=O)C(=O)c3ccco3)O2)CC1. The summed E-state index contributed by atoms with van der Waals surface area (Å²) in [5.41, 5.74) is -0.0359. The molecule has 3 rings (SSSR count). The third-order valence-electron chi connectivity index (χ3n) is 5.22. The molecule has 0 bridgehead atoms. The van der Waals surface area contributed by atoms with Gasteiger partial charge in [-0.25, -0.2) is 0 Å². The number of furan rings is 1. The van der Waals surface area contributed by atoms with E-state index in [1.807, 2.05) is 0 Å². The highest BCUT2D eigenvalue weighted by molar-refractivity contribution is 6.42. The third kappa shape index (κ3) is 3.70. The molecule has 24 heavy (non-hydrogen) atoms. The van der Waals surface area contributed by atoms with Gasteiger partial charge in [0.1, 0.15) is 0 Å². The Morgan fingerprint density at radius 3 is 2.71 bits per heavy atom. The second-order valence-electron chi connectivity index (χ2n) is 7.11. The number of amides is 1. The minimum atomic E-state index is -0.641. The molecule has 2 aliphatic heterocycles. The zero-order valence-electron chi connectivity index (χ0n) is 14.4. The Morgan fingerprint density at radius 2 is 2.08 bits per heavy atom. The van der Waals surface area contributed by atoms with Gasteiger partial charge in [-0.3, -0.25) is 9.59 Å². The van der Waals surface area contributed by atoms with E-state index in [2.05, 4.69) is 24.1 Å². The van der Waals surface area contributed by atoms with Gasteiger partial charge in [-0.05, 0) is 51.7 Å². The predicted octanol–water partition coefficient (Wildman–Crippen LogP) is 2.00. The predicted molar refractivity (Wildman–Crippen MR) is 88.8 cm³/mol. The van der Waals surface area contributed by atoms with Gasteiger partial charge in [0.25, 0.3) is 11.7 Å². The van der Waals surface area contributed by atoms with Crippen molar-refractivity contribution >= 4 is 11.7 Å². The number of piperidine rings is 1. The molecule has 6 heteroatoms. The van der Waals surface area contributed by atoms with Gasteiger partial charge in [0.2, 0.25) is 0 Å². The molecular formula is C18H26N2O4. The number of nitrogens with zero attached hydrogens (tertiary/aromatic N) is 1. The summed E-state index contributed by atoms with van der Waals surface area (Å²) in [6, 6.07) is 3.66. The monoisotopic (exact) mass is 334 g/mol. The van der Waals surface area contributed by atoms with Crippen molar-refractivity contribution in [1.29, 1.82) is 0 Å². The van der Waals surface area contributed by atoms with Crippen LogP contribution >= 0.6 is 0 Å². The molecule has 2 fully saturated rings. The number of rotatable bonds is 5. The first kappa shape index (κ1) is 17.2. The molecule has 6 nitrogen and oxygen atoms in total. The summed E-state index contributed by atoms with van der Waals surface area (Å²) < 4.78 is 11.2. The molecule has 0 aliphatic carbocycles. The minimum Gasteiger partial charge on any atom is -0.461 e. The van der Waals surface area contributed by atoms with E-state index >= 15 is 0 Å². The first-order chi connectivity index (χ1) is 11.5. The van der Waals surface area contributed by atoms with Crippen molar-refractivity contribution in [3.05, 3.63) is 24.2 Å². The lowest BCUT2D eigenvalue weighted by atomic mass is 9.88. The number of carbonyl (C=O) groups is 2. The quantitative estimate of drug-likeness (QED) is 0.659. The normalized spacial score (nSPS) is 23.7. The topological polar surface area (TPSA) is 71.8 Å². The van der Waals surface area contributed by atoms with Crippen molar-refractivity contribution in [1.82, 2.24) is 10.2 Å². The third-order valence-corrected chi connectivity index (χ3v) is 5.22. The Balaban J connectivity index is 1.45. The maximum atomic E-state index is 11.9. The lowest BCUT2D eigenvalue weighted by Crippen LogP contribution is -2.47. The van der Waals surface area contributed by atoms with Crippen LogP contribution in [0.15, 0.2) is 22.8 Å². The van der Waals surface area contributed by atoms with Gasteiger partial charge >= 0.3 is 0 Å². The molecule has 1 atom stereocenters. The number of hydrogen-bond acceptors (Lipinski definition) is 5. The zero-order valence-corrected chi connectivity index (χ0v) is 14.4. The van der Waals surface area contributed by atoms with Crippen LogP contribution < -0.4 is 5.32 Å². The Hall–Kier alpha value is -1.66. The summed E-state index contributed by atoms with van der Waals surface area (Å²) in [5.74, 6) is -1.21. The van der Waals surface area contributed by atoms with E-state index in [1.54, 1.807) is 6.07 Å². The van der Waals surface area contributed by atoms with E-state index in [0.717, 1.165) is 38.8 Å². The molecule has 1 aromatic heterocycles. The van der Waals surface area contributed by atoms with Crippen molar-refractivity contribution in [2.24, 2.45) is 0 Å². The largest absolute Gasteiger partial charge is 0.461 e. The first-order valence-corrected chi connectivity index (χ1v) is 8.77. The molecule has 0 saturated carbocycles. The van der Waals surface area contributed by atoms with Gasteiger partial charge in [0.05, 0.1) is 18.0 Å². The van der Waals surface area contributed by atoms with Gasteiger partial charge in [-0.15, -0.1) is 0 Å². The maximum absolute atomic E-state index is 11.9. The average Bonchev–Trinajstić information content (AvgIpc) is 3.23. The lowest BCUT2D eigenvalue weighted by molar-refractivity contribution is -0.119. The molecule has 3 heterocycles. The fourth-order valence-electron chi connectivity index (χ4n) is 3.66. The summed E-state index contributed by atoms with van der Waals surface area (Å²) in [5, 5.41) is 2.68. The first-order valence-electron chi connectivity index (χ1n) is 8.77. The van der Waals surface area contributed by atoms with Crippen LogP contribution in [0.1, 0.15) is 50.1 Å². The highest BCUT2D eigenvalue weighted by Gasteiger charge is 2.42. The summed E-state index contributed by atoms with van der Waals surface area (Å²) in [7, 11) is 0. The molecular weight excluding hydrogens is 308 g/mol. The van der Waals surface area contributed by atoms with E-state index < -0.39 is 11.7 Å². The fourth-order valence-corrected chi connectivity index (χ4v) is 3.66. The smallest absolute Gasteiger partial charge is 0.295 e. The maximum Gasteiger partial charge on any atom is 0.295 e. The molecule has 0 aromatic carbocycles. The molecule has 2 saturated heterocycles. The van der Waals surface area contributed by atoms with E-state index in [1.165, 1.54) is 12.3 Å². The Morgan fingerprint density at radius 1 is 1.33 bits per heavy atom. The van der Waals surface area contributed by atoms with Crippen LogP contribution in [-0.4, -0.2) is 54.0 Å². The summed E-state index contributed by atoms with van der Waals surface area (Å²) in [4.78, 5) is 26.2. The van der Waals surface area contributed by atoms with Crippen molar-refractivity contribution in [3.63, 3.8) is 0 Å². The number of carbonyl (C=O) groups excluding carboxylic acids is 2. The second kappa shape index (κ2) is 7.07. The van der Waals surface area contributed by atoms with Gasteiger partial charge < -0.3 is 19.4 Å². The van der Waals surface area contributed by atoms with Gasteiger partial charge in [0.15, 0.2) is 5.76 Å². The highest BCUT2D eigenvalue weighted by atomic mass is 16.5. The Labute approximate surface area is 142 Å². The van der Waals surface area contributed by atoms with Gasteiger partial charge in [0, 0.05) is 25.7 Å². The second-order valence-corrected chi connectivity index (χ2v) is 7.11. The Kier molecular flexibility index (Phi) is 5.06. The minimum absolute atomic E-state index is 0.0102. The standard InChI is InChI=1S/C18H26N2O4/c1-13(2)20-9-7-18(8-10-20)6-5-14(24-18)12-19-17(22)16(21)15-4-3-11-23-15/h3-4,11,13-14H,5-10,12H2,1-2H3,(H,19,22)/t14-/m1/s1. The number of hydrogen-bond donors (Lipinski definition) is 1. The molecule has 1 aromatic rings. The molecule has 0 unspecified atom stereocenters. The average molecular weight is 334 g/mol. The van der Waals surface area contributed by atoms with Crippen LogP contribution in [0.25, 0.3) is 0 Å². The zero-order chi connectivity index (χ0) is 17.2. The highest BCUT2D eigenvalue weighted by Crippen LogP contribution is 2.39. The number of ketones is 1.